The molecule has 0 fully saturated rings. The molecule has 10 aromatic rings. The molecule has 4 heteroatoms. The Labute approximate surface area is 342 Å². The number of aromatic nitrogens is 2. The van der Waals surface area contributed by atoms with Crippen molar-refractivity contribution in [1.82, 2.24) is 9.97 Å². The second kappa shape index (κ2) is 12.7. The first-order chi connectivity index (χ1) is 29.0. The van der Waals surface area contributed by atoms with Crippen LogP contribution < -0.4 is 9.47 Å². The van der Waals surface area contributed by atoms with Gasteiger partial charge in [-0.1, -0.05) is 166 Å². The topological polar surface area (TPSA) is 44.2 Å². The molecule has 1 aliphatic carbocycles. The maximum absolute atomic E-state index is 7.00. The van der Waals surface area contributed by atoms with E-state index in [2.05, 4.69) is 178 Å². The lowest BCUT2D eigenvalue weighted by atomic mass is 9.82. The number of rotatable bonds is 4. The zero-order valence-electron chi connectivity index (χ0n) is 32.5. The summed E-state index contributed by atoms with van der Waals surface area (Å²) in [7, 11) is 0. The van der Waals surface area contributed by atoms with E-state index in [0.29, 0.717) is 17.3 Å². The Morgan fingerprint density at radius 1 is 0.373 bits per heavy atom. The molecule has 0 saturated carbocycles. The molecule has 9 aromatic carbocycles. The van der Waals surface area contributed by atoms with Gasteiger partial charge < -0.3 is 9.47 Å². The van der Waals surface area contributed by atoms with E-state index in [0.717, 1.165) is 56.3 Å². The molecule has 278 valence electrons. The van der Waals surface area contributed by atoms with Gasteiger partial charge >= 0.3 is 0 Å². The first-order valence-corrected chi connectivity index (χ1v) is 20.1. The van der Waals surface area contributed by atoms with Crippen LogP contribution in [0.15, 0.2) is 182 Å². The lowest BCUT2D eigenvalue weighted by Gasteiger charge is -2.26. The normalized spacial score (nSPS) is 13.3. The Hall–Kier alpha value is -7.56. The molecule has 59 heavy (non-hydrogen) atoms. The molecule has 1 aromatic heterocycles. The number of benzene rings is 9. The van der Waals surface area contributed by atoms with Crippen molar-refractivity contribution in [1.29, 1.82) is 0 Å². The molecular weight excluding hydrogens is 721 g/mol. The molecule has 0 spiro atoms. The maximum Gasteiger partial charge on any atom is 0.178 e. The molecule has 2 heterocycles. The summed E-state index contributed by atoms with van der Waals surface area (Å²) in [5.74, 6) is 3.57. The van der Waals surface area contributed by atoms with Crippen molar-refractivity contribution < 1.29 is 9.47 Å². The van der Waals surface area contributed by atoms with Crippen LogP contribution in [-0.2, 0) is 5.41 Å². The van der Waals surface area contributed by atoms with Crippen molar-refractivity contribution in [3.8, 4) is 79.2 Å². The Kier molecular flexibility index (Phi) is 7.24. The van der Waals surface area contributed by atoms with Gasteiger partial charge in [0.15, 0.2) is 28.8 Å². The SMILES string of the molecule is CC1(C)c2ccccc2-c2c1ccc1c2Oc2c(cccc2-c2cccc(-c3cc(-c4ccccc4)nc(-c4ccc5c6ccccc6c6ccccc6c5c4)n3)c2)O1. The second-order valence-corrected chi connectivity index (χ2v) is 16.1. The van der Waals surface area contributed by atoms with E-state index in [4.69, 9.17) is 19.4 Å². The summed E-state index contributed by atoms with van der Waals surface area (Å²) >= 11 is 0. The highest BCUT2D eigenvalue weighted by atomic mass is 16.6. The number of hydrogen-bond acceptors (Lipinski definition) is 4. The van der Waals surface area contributed by atoms with Gasteiger partial charge in [0.1, 0.15) is 0 Å². The molecule has 0 radical (unpaired) electrons. The van der Waals surface area contributed by atoms with E-state index in [1.165, 1.54) is 49.0 Å². The first kappa shape index (κ1) is 33.6. The fourth-order valence-electron chi connectivity index (χ4n) is 9.45. The number of para-hydroxylation sites is 1. The highest BCUT2D eigenvalue weighted by Crippen LogP contribution is 2.59. The molecule has 0 amide bonds. The van der Waals surface area contributed by atoms with Gasteiger partial charge in [0.25, 0.3) is 0 Å². The number of nitrogens with zero attached hydrogens (tertiary/aromatic N) is 2. The van der Waals surface area contributed by atoms with Crippen LogP contribution in [-0.4, -0.2) is 9.97 Å². The van der Waals surface area contributed by atoms with E-state index in [-0.39, 0.29) is 5.41 Å². The van der Waals surface area contributed by atoms with E-state index in [1.54, 1.807) is 0 Å². The summed E-state index contributed by atoms with van der Waals surface area (Å²) in [6.07, 6.45) is 0. The average molecular weight is 757 g/mol. The van der Waals surface area contributed by atoms with Crippen molar-refractivity contribution in [2.24, 2.45) is 0 Å². The molecular formula is C55H36N2O2. The Balaban J connectivity index is 0.992. The van der Waals surface area contributed by atoms with Gasteiger partial charge in [0.2, 0.25) is 0 Å². The molecule has 0 N–H and O–H groups in total. The molecule has 0 atom stereocenters. The Morgan fingerprint density at radius 2 is 0.966 bits per heavy atom. The van der Waals surface area contributed by atoms with Gasteiger partial charge in [-0.05, 0) is 84.9 Å². The third-order valence-electron chi connectivity index (χ3n) is 12.3. The summed E-state index contributed by atoms with van der Waals surface area (Å²) in [6, 6.07) is 64.0. The van der Waals surface area contributed by atoms with E-state index in [9.17, 15) is 0 Å². The average Bonchev–Trinajstić information content (AvgIpc) is 3.54. The number of ether oxygens (including phenoxy) is 2. The van der Waals surface area contributed by atoms with E-state index in [1.807, 2.05) is 18.2 Å². The van der Waals surface area contributed by atoms with Crippen molar-refractivity contribution in [3.05, 3.63) is 193 Å². The zero-order valence-corrected chi connectivity index (χ0v) is 32.5. The maximum atomic E-state index is 7.00. The standard InChI is InChI=1S/C55H36N2O2/c1-55(2)45-24-11-10-22-43(45)51-46(55)28-29-50-53(51)59-52-37(23-13-25-49(52)58-50)34-16-12-17-35(30-34)48-32-47(33-14-4-3-5-15-33)56-54(57-48)36-26-27-42-40-20-7-6-18-38(40)39-19-8-9-21-41(39)44(42)31-36/h3-32H,1-2H3. The van der Waals surface area contributed by atoms with Gasteiger partial charge in [-0.15, -0.1) is 0 Å². The minimum absolute atomic E-state index is 0.150. The molecule has 2 aliphatic rings. The fraction of sp³-hybridized carbons (Fsp3) is 0.0545. The van der Waals surface area contributed by atoms with Gasteiger partial charge in [-0.3, -0.25) is 0 Å². The molecule has 0 bridgehead atoms. The Morgan fingerprint density at radius 3 is 1.75 bits per heavy atom. The predicted octanol–water partition coefficient (Wildman–Crippen LogP) is 14.8. The second-order valence-electron chi connectivity index (χ2n) is 16.1. The minimum Gasteiger partial charge on any atom is -0.449 e. The highest BCUT2D eigenvalue weighted by Gasteiger charge is 2.39. The van der Waals surface area contributed by atoms with Crippen LogP contribution in [0.2, 0.25) is 0 Å². The smallest absolute Gasteiger partial charge is 0.178 e. The summed E-state index contributed by atoms with van der Waals surface area (Å²) < 4.78 is 13.6. The summed E-state index contributed by atoms with van der Waals surface area (Å²) in [6.45, 7) is 4.56. The van der Waals surface area contributed by atoms with Crippen molar-refractivity contribution in [2.75, 3.05) is 0 Å². The summed E-state index contributed by atoms with van der Waals surface area (Å²) in [5, 5.41) is 7.35. The molecule has 12 rings (SSSR count). The number of hydrogen-bond donors (Lipinski definition) is 0. The fourth-order valence-corrected chi connectivity index (χ4v) is 9.45. The van der Waals surface area contributed by atoms with Crippen LogP contribution >= 0.6 is 0 Å². The van der Waals surface area contributed by atoms with Crippen LogP contribution in [0.25, 0.3) is 88.5 Å². The number of fused-ring (bicyclic) bond motifs is 12. The minimum atomic E-state index is -0.150. The summed E-state index contributed by atoms with van der Waals surface area (Å²) in [4.78, 5) is 10.5. The van der Waals surface area contributed by atoms with Crippen LogP contribution in [0.5, 0.6) is 23.0 Å². The van der Waals surface area contributed by atoms with Crippen molar-refractivity contribution in [3.63, 3.8) is 0 Å². The van der Waals surface area contributed by atoms with Crippen LogP contribution in [0.4, 0.5) is 0 Å². The van der Waals surface area contributed by atoms with E-state index < -0.39 is 0 Å². The molecule has 4 nitrogen and oxygen atoms in total. The highest BCUT2D eigenvalue weighted by molar-refractivity contribution is 6.25. The largest absolute Gasteiger partial charge is 0.449 e. The molecule has 0 unspecified atom stereocenters. The Bertz CT molecular complexity index is 3330. The lowest BCUT2D eigenvalue weighted by molar-refractivity contribution is 0.361. The zero-order chi connectivity index (χ0) is 39.2. The van der Waals surface area contributed by atoms with Gasteiger partial charge in [0.05, 0.1) is 11.4 Å². The van der Waals surface area contributed by atoms with E-state index >= 15 is 0 Å². The molecule has 1 aliphatic heterocycles. The van der Waals surface area contributed by atoms with Crippen LogP contribution in [0, 0.1) is 0 Å². The third kappa shape index (κ3) is 5.16. The lowest BCUT2D eigenvalue weighted by Crippen LogP contribution is -2.15. The van der Waals surface area contributed by atoms with Crippen LogP contribution in [0.1, 0.15) is 25.0 Å². The molecule has 0 saturated heterocycles. The monoisotopic (exact) mass is 756 g/mol. The van der Waals surface area contributed by atoms with Crippen LogP contribution in [0.3, 0.4) is 0 Å². The van der Waals surface area contributed by atoms with Crippen molar-refractivity contribution in [2.45, 2.75) is 19.3 Å². The summed E-state index contributed by atoms with van der Waals surface area (Å²) in [5.41, 5.74) is 11.3. The first-order valence-electron chi connectivity index (χ1n) is 20.1. The van der Waals surface area contributed by atoms with Gasteiger partial charge in [0, 0.05) is 33.2 Å². The van der Waals surface area contributed by atoms with Gasteiger partial charge in [-0.25, -0.2) is 9.97 Å². The van der Waals surface area contributed by atoms with Gasteiger partial charge in [-0.2, -0.15) is 0 Å². The quantitative estimate of drug-likeness (QED) is 0.168. The van der Waals surface area contributed by atoms with Crippen molar-refractivity contribution >= 4 is 32.3 Å². The predicted molar refractivity (Wildman–Crippen MR) is 240 cm³/mol. The third-order valence-corrected chi connectivity index (χ3v) is 12.3.